The first-order valence-electron chi connectivity index (χ1n) is 18.4. The number of unbranched alkanes of at least 4 members (excludes halogenated alkanes) is 3. The van der Waals surface area contributed by atoms with Crippen molar-refractivity contribution in [1.29, 1.82) is 0 Å². The Morgan fingerprint density at radius 3 is 2.44 bits per heavy atom. The van der Waals surface area contributed by atoms with Crippen LogP contribution in [-0.4, -0.2) is 38.3 Å². The van der Waals surface area contributed by atoms with Crippen LogP contribution in [0.5, 0.6) is 11.5 Å². The molecule has 3 amide bonds. The molecule has 0 bridgehead atoms. The maximum absolute atomic E-state index is 14.1. The van der Waals surface area contributed by atoms with Crippen LogP contribution >= 0.6 is 0 Å². The van der Waals surface area contributed by atoms with Crippen molar-refractivity contribution in [3.63, 3.8) is 0 Å². The number of rotatable bonds is 12. The molecule has 1 saturated heterocycles. The van der Waals surface area contributed by atoms with E-state index in [0.717, 1.165) is 36.8 Å². The number of ether oxygens (including phenoxy) is 1. The van der Waals surface area contributed by atoms with Crippen LogP contribution in [0.1, 0.15) is 96.1 Å². The van der Waals surface area contributed by atoms with Gasteiger partial charge in [-0.15, -0.1) is 0 Å². The third-order valence-electron chi connectivity index (χ3n) is 10.3. The molecule has 11 heteroatoms. The van der Waals surface area contributed by atoms with E-state index in [2.05, 4.69) is 5.32 Å². The van der Waals surface area contributed by atoms with E-state index >= 15 is 0 Å². The number of aromatic nitrogens is 1. The van der Waals surface area contributed by atoms with Crippen molar-refractivity contribution in [2.24, 2.45) is 7.05 Å². The minimum absolute atomic E-state index is 0.173. The van der Waals surface area contributed by atoms with Gasteiger partial charge in [0.2, 0.25) is 11.8 Å². The summed E-state index contributed by atoms with van der Waals surface area (Å²) >= 11 is 0. The number of pyridine rings is 1. The molecule has 1 fully saturated rings. The number of anilines is 1. The molecular formula is C43H47FN4O6. The van der Waals surface area contributed by atoms with Gasteiger partial charge in [-0.1, -0.05) is 36.8 Å². The lowest BCUT2D eigenvalue weighted by atomic mass is 9.93. The first-order valence-corrected chi connectivity index (χ1v) is 18.4. The summed E-state index contributed by atoms with van der Waals surface area (Å²) in [6.45, 7) is 7.27. The normalized spacial score (nSPS) is 15.9. The molecule has 2 aliphatic rings. The number of allylic oxidation sites excluding steroid dienone is 1. The van der Waals surface area contributed by atoms with Gasteiger partial charge in [0.25, 0.3) is 11.5 Å². The zero-order chi connectivity index (χ0) is 38.9. The number of piperidine rings is 1. The van der Waals surface area contributed by atoms with Gasteiger partial charge in [0.1, 0.15) is 23.4 Å². The summed E-state index contributed by atoms with van der Waals surface area (Å²) < 4.78 is 22.0. The van der Waals surface area contributed by atoms with Gasteiger partial charge in [0.15, 0.2) is 0 Å². The molecule has 10 nitrogen and oxygen atoms in total. The van der Waals surface area contributed by atoms with Gasteiger partial charge in [0, 0.05) is 42.9 Å². The number of nitrogen functional groups attached to an aromatic ring is 1. The van der Waals surface area contributed by atoms with Gasteiger partial charge >= 0.3 is 0 Å². The summed E-state index contributed by atoms with van der Waals surface area (Å²) in [5.41, 5.74) is 11.6. The van der Waals surface area contributed by atoms with Crippen LogP contribution < -0.4 is 21.3 Å². The van der Waals surface area contributed by atoms with Crippen molar-refractivity contribution in [2.75, 3.05) is 5.73 Å². The lowest BCUT2D eigenvalue weighted by Crippen LogP contribution is -2.52. The van der Waals surface area contributed by atoms with Crippen LogP contribution in [-0.2, 0) is 35.2 Å². The highest BCUT2D eigenvalue weighted by Gasteiger charge is 2.39. The third kappa shape index (κ3) is 7.87. The van der Waals surface area contributed by atoms with Crippen LogP contribution in [0.4, 0.5) is 10.1 Å². The van der Waals surface area contributed by atoms with Crippen LogP contribution in [0.15, 0.2) is 65.6 Å². The fourth-order valence-corrected chi connectivity index (χ4v) is 7.37. The standard InChI is InChI=1S/C43H47FN4O6/c1-25-20-29(44)21-26(2)39(25)54-36-18-16-28(43(3,4)53)22-32(36)34-23-47(5)41(51)31(38(34)45)14-10-8-6-7-9-12-27-13-11-15-30-33(27)24-48(42(30)52)35-17-19-37(49)46-40(35)50/h10-11,13-16,18,20-23,35,53H,6-9,12,17,19,24,45H2,1-5H3,(H,46,49,50)/b14-10+. The molecule has 1 atom stereocenters. The quantitative estimate of drug-likeness (QED) is 0.105. The van der Waals surface area contributed by atoms with Crippen LogP contribution in [0.3, 0.4) is 0 Å². The molecule has 3 aromatic carbocycles. The maximum atomic E-state index is 14.1. The van der Waals surface area contributed by atoms with E-state index in [0.29, 0.717) is 69.8 Å². The van der Waals surface area contributed by atoms with Crippen LogP contribution in [0, 0.1) is 19.7 Å². The number of nitrogens with zero attached hydrogens (tertiary/aromatic N) is 2. The van der Waals surface area contributed by atoms with Gasteiger partial charge < -0.3 is 25.0 Å². The molecule has 4 aromatic rings. The molecule has 54 heavy (non-hydrogen) atoms. The Morgan fingerprint density at radius 1 is 1.00 bits per heavy atom. The van der Waals surface area contributed by atoms with Crippen LogP contribution in [0.2, 0.25) is 0 Å². The number of fused-ring (bicyclic) bond motifs is 1. The maximum Gasteiger partial charge on any atom is 0.259 e. The van der Waals surface area contributed by atoms with E-state index in [1.54, 1.807) is 76.2 Å². The Morgan fingerprint density at radius 2 is 1.74 bits per heavy atom. The van der Waals surface area contributed by atoms with Crippen molar-refractivity contribution in [3.8, 4) is 22.6 Å². The van der Waals surface area contributed by atoms with Gasteiger partial charge in [0.05, 0.1) is 16.9 Å². The number of hydrogen-bond acceptors (Lipinski definition) is 7. The highest BCUT2D eigenvalue weighted by Crippen LogP contribution is 2.41. The van der Waals surface area contributed by atoms with Gasteiger partial charge in [-0.3, -0.25) is 24.5 Å². The number of aryl methyl sites for hydroxylation is 4. The predicted octanol–water partition coefficient (Wildman–Crippen LogP) is 6.99. The predicted molar refractivity (Wildman–Crippen MR) is 206 cm³/mol. The summed E-state index contributed by atoms with van der Waals surface area (Å²) in [7, 11) is 1.66. The third-order valence-corrected chi connectivity index (χ3v) is 10.3. The van der Waals surface area contributed by atoms with Crippen molar-refractivity contribution < 1.29 is 28.6 Å². The largest absolute Gasteiger partial charge is 0.456 e. The first kappa shape index (κ1) is 38.2. The molecular weight excluding hydrogens is 687 g/mol. The molecule has 3 heterocycles. The lowest BCUT2D eigenvalue weighted by Gasteiger charge is -2.29. The van der Waals surface area contributed by atoms with E-state index in [9.17, 15) is 28.7 Å². The fourth-order valence-electron chi connectivity index (χ4n) is 7.37. The van der Waals surface area contributed by atoms with Crippen LogP contribution in [0.25, 0.3) is 17.2 Å². The Labute approximate surface area is 314 Å². The fraction of sp³-hybridized carbons (Fsp3) is 0.349. The number of benzene rings is 3. The molecule has 1 unspecified atom stereocenters. The highest BCUT2D eigenvalue weighted by atomic mass is 19.1. The molecule has 2 aliphatic heterocycles. The Balaban J connectivity index is 1.14. The molecule has 0 saturated carbocycles. The first-order chi connectivity index (χ1) is 25.6. The Hall–Kier alpha value is -5.55. The van der Waals surface area contributed by atoms with Gasteiger partial charge in [-0.25, -0.2) is 4.39 Å². The van der Waals surface area contributed by atoms with Crippen molar-refractivity contribution in [2.45, 2.75) is 90.8 Å². The number of carbonyl (C=O) groups is 3. The Kier molecular flexibility index (Phi) is 10.9. The monoisotopic (exact) mass is 734 g/mol. The number of imide groups is 1. The minimum atomic E-state index is -1.17. The van der Waals surface area contributed by atoms with Crippen molar-refractivity contribution in [1.82, 2.24) is 14.8 Å². The molecule has 1 aromatic heterocycles. The van der Waals surface area contributed by atoms with Crippen molar-refractivity contribution >= 4 is 29.5 Å². The second-order valence-corrected chi connectivity index (χ2v) is 14.9. The molecule has 0 radical (unpaired) electrons. The van der Waals surface area contributed by atoms with Crippen molar-refractivity contribution in [3.05, 3.63) is 116 Å². The topological polar surface area (TPSA) is 144 Å². The van der Waals surface area contributed by atoms with Gasteiger partial charge in [-0.05, 0) is 118 Å². The molecule has 6 rings (SSSR count). The number of halogens is 1. The summed E-state index contributed by atoms with van der Waals surface area (Å²) in [6.07, 6.45) is 10.1. The molecule has 282 valence electrons. The second-order valence-electron chi connectivity index (χ2n) is 14.9. The molecule has 0 aliphatic carbocycles. The summed E-state index contributed by atoms with van der Waals surface area (Å²) in [4.78, 5) is 52.2. The summed E-state index contributed by atoms with van der Waals surface area (Å²) in [6, 6.07) is 13.2. The number of amides is 3. The highest BCUT2D eigenvalue weighted by molar-refractivity contribution is 6.05. The number of carbonyl (C=O) groups excluding carboxylic acids is 3. The van der Waals surface area contributed by atoms with E-state index in [4.69, 9.17) is 10.5 Å². The smallest absolute Gasteiger partial charge is 0.259 e. The zero-order valence-corrected chi connectivity index (χ0v) is 31.4. The molecule has 4 N–H and O–H groups in total. The van der Waals surface area contributed by atoms with E-state index in [1.807, 2.05) is 18.2 Å². The minimum Gasteiger partial charge on any atom is -0.456 e. The van der Waals surface area contributed by atoms with E-state index in [1.165, 1.54) is 16.7 Å². The average molecular weight is 735 g/mol. The van der Waals surface area contributed by atoms with E-state index < -0.39 is 17.6 Å². The van der Waals surface area contributed by atoms with E-state index in [-0.39, 0.29) is 35.3 Å². The number of nitrogens with two attached hydrogens (primary N) is 1. The zero-order valence-electron chi connectivity index (χ0n) is 31.4. The summed E-state index contributed by atoms with van der Waals surface area (Å²) in [5, 5.41) is 13.2. The average Bonchev–Trinajstić information content (AvgIpc) is 3.44. The molecule has 0 spiro atoms. The lowest BCUT2D eigenvalue weighted by molar-refractivity contribution is -0.136. The summed E-state index contributed by atoms with van der Waals surface area (Å²) in [5.74, 6) is -0.301. The Bertz CT molecular complexity index is 2210. The number of aliphatic hydroxyl groups is 1. The SMILES string of the molecule is Cc1cc(F)cc(C)c1Oc1ccc(C(C)(C)O)cc1-c1cn(C)c(=O)c(/C=C/CCCCCc2cccc3c2CN(C2CCC(=O)NC2=O)C3=O)c1N. The van der Waals surface area contributed by atoms with Gasteiger partial charge in [-0.2, -0.15) is 0 Å². The number of hydrogen-bond donors (Lipinski definition) is 3. The number of nitrogens with one attached hydrogen (secondary N) is 1. The second kappa shape index (κ2) is 15.4.